The van der Waals surface area contributed by atoms with E-state index in [1.807, 2.05) is 43.3 Å². The molecule has 2 aromatic rings. The highest BCUT2D eigenvalue weighted by Gasteiger charge is 2.23. The minimum absolute atomic E-state index is 0.0569. The van der Waals surface area contributed by atoms with Crippen molar-refractivity contribution in [3.8, 4) is 11.5 Å². The van der Waals surface area contributed by atoms with Gasteiger partial charge in [0.05, 0.1) is 19.8 Å². The van der Waals surface area contributed by atoms with Gasteiger partial charge in [-0.1, -0.05) is 18.6 Å². The standard InChI is InChI=1S/C23H30N2O3/c1-3-28-21-13-9-19(10-14-21)23(26)24-17-22(25-15-5-4-6-16-25)18-7-11-20(27-2)12-8-18/h7-14,22H,3-6,15-17H2,1-2H3,(H,24,26)/t22-/m0/s1. The van der Waals surface area contributed by atoms with Crippen LogP contribution in [0, 0.1) is 0 Å². The number of ether oxygens (including phenoxy) is 2. The molecule has 0 bridgehead atoms. The summed E-state index contributed by atoms with van der Waals surface area (Å²) >= 11 is 0. The first kappa shape index (κ1) is 20.2. The van der Waals surface area contributed by atoms with E-state index in [0.717, 1.165) is 24.6 Å². The van der Waals surface area contributed by atoms with Crippen molar-refractivity contribution in [1.29, 1.82) is 0 Å². The lowest BCUT2D eigenvalue weighted by Gasteiger charge is -2.35. The molecule has 0 aliphatic carbocycles. The van der Waals surface area contributed by atoms with E-state index in [9.17, 15) is 4.79 Å². The molecule has 1 amide bonds. The molecule has 1 aliphatic rings. The van der Waals surface area contributed by atoms with E-state index >= 15 is 0 Å². The van der Waals surface area contributed by atoms with E-state index < -0.39 is 0 Å². The highest BCUT2D eigenvalue weighted by molar-refractivity contribution is 5.94. The van der Waals surface area contributed by atoms with E-state index in [-0.39, 0.29) is 11.9 Å². The number of nitrogens with one attached hydrogen (secondary N) is 1. The first-order valence-electron chi connectivity index (χ1n) is 10.1. The van der Waals surface area contributed by atoms with E-state index in [2.05, 4.69) is 22.3 Å². The number of amides is 1. The highest BCUT2D eigenvalue weighted by atomic mass is 16.5. The first-order valence-corrected chi connectivity index (χ1v) is 10.1. The Balaban J connectivity index is 1.68. The largest absolute Gasteiger partial charge is 0.497 e. The second-order valence-electron chi connectivity index (χ2n) is 7.05. The zero-order valence-corrected chi connectivity index (χ0v) is 16.8. The fraction of sp³-hybridized carbons (Fsp3) is 0.435. The summed E-state index contributed by atoms with van der Waals surface area (Å²) in [5.74, 6) is 1.57. The molecule has 5 heteroatoms. The van der Waals surface area contributed by atoms with Crippen molar-refractivity contribution in [2.45, 2.75) is 32.2 Å². The van der Waals surface area contributed by atoms with Gasteiger partial charge in [-0.25, -0.2) is 0 Å². The molecule has 1 atom stereocenters. The summed E-state index contributed by atoms with van der Waals surface area (Å²) in [7, 11) is 1.67. The summed E-state index contributed by atoms with van der Waals surface area (Å²) in [6.07, 6.45) is 3.70. The van der Waals surface area contributed by atoms with Crippen LogP contribution in [0.3, 0.4) is 0 Å². The summed E-state index contributed by atoms with van der Waals surface area (Å²) in [5.41, 5.74) is 1.85. The van der Waals surface area contributed by atoms with E-state index in [0.29, 0.717) is 18.7 Å². The number of carbonyl (C=O) groups excluding carboxylic acids is 1. The molecule has 1 saturated heterocycles. The fourth-order valence-corrected chi connectivity index (χ4v) is 3.67. The van der Waals surface area contributed by atoms with Crippen molar-refractivity contribution in [1.82, 2.24) is 10.2 Å². The van der Waals surface area contributed by atoms with Crippen LogP contribution in [0.15, 0.2) is 48.5 Å². The zero-order chi connectivity index (χ0) is 19.8. The van der Waals surface area contributed by atoms with E-state index in [1.54, 1.807) is 7.11 Å². The molecule has 150 valence electrons. The van der Waals surface area contributed by atoms with Gasteiger partial charge in [0.2, 0.25) is 0 Å². The minimum atomic E-state index is -0.0569. The molecule has 1 fully saturated rings. The summed E-state index contributed by atoms with van der Waals surface area (Å²) in [6.45, 7) is 5.27. The van der Waals surface area contributed by atoms with Crippen LogP contribution in [0.5, 0.6) is 11.5 Å². The number of hydrogen-bond acceptors (Lipinski definition) is 4. The smallest absolute Gasteiger partial charge is 0.251 e. The molecule has 28 heavy (non-hydrogen) atoms. The number of likely N-dealkylation sites (tertiary alicyclic amines) is 1. The Morgan fingerprint density at radius 3 is 2.25 bits per heavy atom. The van der Waals surface area contributed by atoms with Crippen LogP contribution in [-0.4, -0.2) is 44.2 Å². The summed E-state index contributed by atoms with van der Waals surface area (Å²) < 4.78 is 10.7. The average Bonchev–Trinajstić information content (AvgIpc) is 2.76. The Kier molecular flexibility index (Phi) is 7.31. The van der Waals surface area contributed by atoms with E-state index in [4.69, 9.17) is 9.47 Å². The van der Waals surface area contributed by atoms with E-state index in [1.165, 1.54) is 24.8 Å². The lowest BCUT2D eigenvalue weighted by Crippen LogP contribution is -2.40. The van der Waals surface area contributed by atoms with Gasteiger partial charge >= 0.3 is 0 Å². The third-order valence-corrected chi connectivity index (χ3v) is 5.22. The van der Waals surface area contributed by atoms with Crippen molar-refractivity contribution < 1.29 is 14.3 Å². The lowest BCUT2D eigenvalue weighted by atomic mass is 10.0. The number of hydrogen-bond donors (Lipinski definition) is 1. The molecular formula is C23H30N2O3. The molecular weight excluding hydrogens is 352 g/mol. The molecule has 0 radical (unpaired) electrons. The molecule has 0 saturated carbocycles. The van der Waals surface area contributed by atoms with Crippen molar-refractivity contribution in [2.24, 2.45) is 0 Å². The van der Waals surface area contributed by atoms with Crippen LogP contribution in [0.4, 0.5) is 0 Å². The third-order valence-electron chi connectivity index (χ3n) is 5.22. The average molecular weight is 383 g/mol. The highest BCUT2D eigenvalue weighted by Crippen LogP contribution is 2.26. The third kappa shape index (κ3) is 5.26. The number of methoxy groups -OCH3 is 1. The Hall–Kier alpha value is -2.53. The van der Waals surface area contributed by atoms with Gasteiger partial charge in [-0.15, -0.1) is 0 Å². The number of rotatable bonds is 8. The Morgan fingerprint density at radius 1 is 1.00 bits per heavy atom. The molecule has 0 aromatic heterocycles. The van der Waals surface area contributed by atoms with Crippen LogP contribution in [0.2, 0.25) is 0 Å². The summed E-state index contributed by atoms with van der Waals surface area (Å²) in [5, 5.41) is 3.12. The summed E-state index contributed by atoms with van der Waals surface area (Å²) in [6, 6.07) is 15.6. The van der Waals surface area contributed by atoms with Gasteiger partial charge in [-0.2, -0.15) is 0 Å². The quantitative estimate of drug-likeness (QED) is 0.748. The molecule has 5 nitrogen and oxygen atoms in total. The minimum Gasteiger partial charge on any atom is -0.497 e. The second kappa shape index (κ2) is 10.1. The van der Waals surface area contributed by atoms with Crippen molar-refractivity contribution in [3.63, 3.8) is 0 Å². The van der Waals surface area contributed by atoms with Gasteiger partial charge in [0.25, 0.3) is 5.91 Å². The fourth-order valence-electron chi connectivity index (χ4n) is 3.67. The maximum Gasteiger partial charge on any atom is 0.251 e. The van der Waals surface area contributed by atoms with Crippen LogP contribution >= 0.6 is 0 Å². The van der Waals surface area contributed by atoms with Crippen molar-refractivity contribution >= 4 is 5.91 Å². The molecule has 3 rings (SSSR count). The van der Waals surface area contributed by atoms with Gasteiger partial charge in [-0.3, -0.25) is 9.69 Å². The molecule has 1 aliphatic heterocycles. The predicted octanol–water partition coefficient (Wildman–Crippen LogP) is 4.05. The van der Waals surface area contributed by atoms with Gasteiger partial charge in [-0.05, 0) is 74.8 Å². The van der Waals surface area contributed by atoms with Crippen LogP contribution in [0.1, 0.15) is 48.1 Å². The van der Waals surface area contributed by atoms with Gasteiger partial charge in [0.1, 0.15) is 11.5 Å². The van der Waals surface area contributed by atoms with Crippen molar-refractivity contribution in [2.75, 3.05) is 33.4 Å². The van der Waals surface area contributed by atoms with Gasteiger partial charge in [0, 0.05) is 12.1 Å². The van der Waals surface area contributed by atoms with Crippen LogP contribution in [-0.2, 0) is 0 Å². The molecule has 1 heterocycles. The summed E-state index contributed by atoms with van der Waals surface area (Å²) in [4.78, 5) is 15.1. The first-order chi connectivity index (χ1) is 13.7. The normalized spacial score (nSPS) is 15.6. The molecule has 0 unspecified atom stereocenters. The van der Waals surface area contributed by atoms with Crippen LogP contribution in [0.25, 0.3) is 0 Å². The number of piperidine rings is 1. The van der Waals surface area contributed by atoms with Gasteiger partial charge in [0.15, 0.2) is 0 Å². The molecule has 2 aromatic carbocycles. The number of nitrogens with zero attached hydrogens (tertiary/aromatic N) is 1. The van der Waals surface area contributed by atoms with Gasteiger partial charge < -0.3 is 14.8 Å². The molecule has 1 N–H and O–H groups in total. The Bertz CT molecular complexity index is 737. The number of carbonyl (C=O) groups is 1. The Morgan fingerprint density at radius 2 is 1.64 bits per heavy atom. The predicted molar refractivity (Wildman–Crippen MR) is 111 cm³/mol. The van der Waals surface area contributed by atoms with Crippen molar-refractivity contribution in [3.05, 3.63) is 59.7 Å². The maximum atomic E-state index is 12.6. The second-order valence-corrected chi connectivity index (χ2v) is 7.05. The lowest BCUT2D eigenvalue weighted by molar-refractivity contribution is 0.0924. The topological polar surface area (TPSA) is 50.8 Å². The Labute approximate surface area is 167 Å². The number of benzene rings is 2. The zero-order valence-electron chi connectivity index (χ0n) is 16.8. The SMILES string of the molecule is CCOc1ccc(C(=O)NC[C@@H](c2ccc(OC)cc2)N2CCCCC2)cc1. The molecule has 0 spiro atoms. The monoisotopic (exact) mass is 382 g/mol. The maximum absolute atomic E-state index is 12.6. The van der Waals surface area contributed by atoms with Crippen LogP contribution < -0.4 is 14.8 Å².